The summed E-state index contributed by atoms with van der Waals surface area (Å²) in [7, 11) is 0. The van der Waals surface area contributed by atoms with Crippen molar-refractivity contribution in [2.24, 2.45) is 0 Å². The highest BCUT2D eigenvalue weighted by Crippen LogP contribution is 2.17. The van der Waals surface area contributed by atoms with Crippen molar-refractivity contribution in [3.8, 4) is 5.75 Å². The van der Waals surface area contributed by atoms with Crippen LogP contribution in [0.5, 0.6) is 5.75 Å². The third kappa shape index (κ3) is 3.70. The SMILES string of the molecule is CCCNC1CCCN(C(=O)c2cccc(O)c2)C1. The van der Waals surface area contributed by atoms with E-state index in [4.69, 9.17) is 0 Å². The molecule has 1 aliphatic heterocycles. The molecular formula is C15H22N2O2. The van der Waals surface area contributed by atoms with Gasteiger partial charge in [0.1, 0.15) is 5.75 Å². The van der Waals surface area contributed by atoms with E-state index >= 15 is 0 Å². The molecule has 1 heterocycles. The number of hydrogen-bond acceptors (Lipinski definition) is 3. The predicted molar refractivity (Wildman–Crippen MR) is 75.3 cm³/mol. The summed E-state index contributed by atoms with van der Waals surface area (Å²) in [5, 5.41) is 12.9. The zero-order valence-electron chi connectivity index (χ0n) is 11.4. The van der Waals surface area contributed by atoms with Gasteiger partial charge in [-0.2, -0.15) is 0 Å². The predicted octanol–water partition coefficient (Wildman–Crippen LogP) is 2.00. The van der Waals surface area contributed by atoms with Crippen LogP contribution in [-0.4, -0.2) is 41.6 Å². The lowest BCUT2D eigenvalue weighted by molar-refractivity contribution is 0.0694. The summed E-state index contributed by atoms with van der Waals surface area (Å²) in [6.07, 6.45) is 3.27. The van der Waals surface area contributed by atoms with E-state index in [9.17, 15) is 9.90 Å². The molecule has 0 saturated carbocycles. The zero-order chi connectivity index (χ0) is 13.7. The van der Waals surface area contributed by atoms with Crippen LogP contribution >= 0.6 is 0 Å². The standard InChI is InChI=1S/C15H22N2O2/c1-2-8-16-13-6-4-9-17(11-13)15(19)12-5-3-7-14(18)10-12/h3,5,7,10,13,16,18H,2,4,6,8-9,11H2,1H3. The van der Waals surface area contributed by atoms with Gasteiger partial charge in [0.05, 0.1) is 0 Å². The Bertz CT molecular complexity index is 434. The Labute approximate surface area is 114 Å². The molecule has 0 radical (unpaired) electrons. The van der Waals surface area contributed by atoms with Gasteiger partial charge in [-0.25, -0.2) is 0 Å². The Hall–Kier alpha value is -1.55. The number of phenols is 1. The number of phenolic OH excluding ortho intramolecular Hbond substituents is 1. The first-order valence-corrected chi connectivity index (χ1v) is 7.02. The molecule has 1 amide bonds. The number of nitrogens with one attached hydrogen (secondary N) is 1. The van der Waals surface area contributed by atoms with Crippen LogP contribution in [0.1, 0.15) is 36.5 Å². The molecule has 1 fully saturated rings. The fourth-order valence-electron chi connectivity index (χ4n) is 2.50. The average molecular weight is 262 g/mol. The lowest BCUT2D eigenvalue weighted by Gasteiger charge is -2.33. The maximum atomic E-state index is 12.4. The van der Waals surface area contributed by atoms with E-state index in [2.05, 4.69) is 12.2 Å². The molecule has 1 aromatic carbocycles. The Morgan fingerprint density at radius 2 is 2.37 bits per heavy atom. The minimum atomic E-state index is 0.0129. The lowest BCUT2D eigenvalue weighted by Crippen LogP contribution is -2.48. The molecular weight excluding hydrogens is 240 g/mol. The van der Waals surface area contributed by atoms with Crippen LogP contribution in [-0.2, 0) is 0 Å². The monoisotopic (exact) mass is 262 g/mol. The minimum Gasteiger partial charge on any atom is -0.508 e. The van der Waals surface area contributed by atoms with Gasteiger partial charge in [0.15, 0.2) is 0 Å². The summed E-state index contributed by atoms with van der Waals surface area (Å²) in [5.74, 6) is 0.155. The summed E-state index contributed by atoms with van der Waals surface area (Å²) in [5.41, 5.74) is 0.566. The number of amides is 1. The molecule has 0 aliphatic carbocycles. The third-order valence-corrected chi connectivity index (χ3v) is 3.48. The molecule has 1 aliphatic rings. The number of piperidine rings is 1. The van der Waals surface area contributed by atoms with Crippen LogP contribution in [0.15, 0.2) is 24.3 Å². The molecule has 2 N–H and O–H groups in total. The number of carbonyl (C=O) groups is 1. The normalized spacial score (nSPS) is 19.4. The number of hydrogen-bond donors (Lipinski definition) is 2. The summed E-state index contributed by atoms with van der Waals surface area (Å²) in [4.78, 5) is 14.2. The van der Waals surface area contributed by atoms with Gasteiger partial charge in [0.25, 0.3) is 5.91 Å². The number of benzene rings is 1. The van der Waals surface area contributed by atoms with Crippen LogP contribution in [0.4, 0.5) is 0 Å². The highest BCUT2D eigenvalue weighted by atomic mass is 16.3. The fourth-order valence-corrected chi connectivity index (χ4v) is 2.50. The van der Waals surface area contributed by atoms with Gasteiger partial charge in [-0.15, -0.1) is 0 Å². The first-order chi connectivity index (χ1) is 9.20. The summed E-state index contributed by atoms with van der Waals surface area (Å²) in [6.45, 7) is 4.71. The molecule has 1 saturated heterocycles. The topological polar surface area (TPSA) is 52.6 Å². The molecule has 19 heavy (non-hydrogen) atoms. The molecule has 104 valence electrons. The van der Waals surface area contributed by atoms with E-state index in [0.717, 1.165) is 38.9 Å². The Balaban J connectivity index is 1.99. The quantitative estimate of drug-likeness (QED) is 0.872. The Kier molecular flexibility index (Phi) is 4.80. The maximum Gasteiger partial charge on any atom is 0.254 e. The molecule has 0 aromatic heterocycles. The summed E-state index contributed by atoms with van der Waals surface area (Å²) in [6, 6.07) is 6.98. The lowest BCUT2D eigenvalue weighted by atomic mass is 10.0. The fraction of sp³-hybridized carbons (Fsp3) is 0.533. The van der Waals surface area contributed by atoms with E-state index < -0.39 is 0 Å². The number of aromatic hydroxyl groups is 1. The van der Waals surface area contributed by atoms with Crippen LogP contribution in [0.25, 0.3) is 0 Å². The zero-order valence-corrected chi connectivity index (χ0v) is 11.4. The number of rotatable bonds is 4. The van der Waals surface area contributed by atoms with Crippen molar-refractivity contribution in [1.82, 2.24) is 10.2 Å². The molecule has 1 atom stereocenters. The van der Waals surface area contributed by atoms with E-state index in [1.807, 2.05) is 4.90 Å². The van der Waals surface area contributed by atoms with Crippen molar-refractivity contribution in [3.63, 3.8) is 0 Å². The third-order valence-electron chi connectivity index (χ3n) is 3.48. The second-order valence-corrected chi connectivity index (χ2v) is 5.09. The van der Waals surface area contributed by atoms with Crippen LogP contribution in [0.3, 0.4) is 0 Å². The van der Waals surface area contributed by atoms with Crippen molar-refractivity contribution >= 4 is 5.91 Å². The Morgan fingerprint density at radius 3 is 3.11 bits per heavy atom. The van der Waals surface area contributed by atoms with E-state index in [1.165, 1.54) is 6.07 Å². The van der Waals surface area contributed by atoms with Gasteiger partial charge in [-0.05, 0) is 44.0 Å². The van der Waals surface area contributed by atoms with E-state index in [-0.39, 0.29) is 11.7 Å². The van der Waals surface area contributed by atoms with Crippen LogP contribution in [0, 0.1) is 0 Å². The minimum absolute atomic E-state index is 0.0129. The molecule has 1 aromatic rings. The van der Waals surface area contributed by atoms with Crippen LogP contribution < -0.4 is 5.32 Å². The van der Waals surface area contributed by atoms with Gasteiger partial charge in [0.2, 0.25) is 0 Å². The smallest absolute Gasteiger partial charge is 0.254 e. The number of carbonyl (C=O) groups excluding carboxylic acids is 1. The van der Waals surface area contributed by atoms with Gasteiger partial charge in [0, 0.05) is 24.7 Å². The van der Waals surface area contributed by atoms with Gasteiger partial charge in [-0.3, -0.25) is 4.79 Å². The highest BCUT2D eigenvalue weighted by Gasteiger charge is 2.24. The second kappa shape index (κ2) is 6.57. The molecule has 2 rings (SSSR count). The molecule has 0 spiro atoms. The largest absolute Gasteiger partial charge is 0.508 e. The van der Waals surface area contributed by atoms with Crippen LogP contribution in [0.2, 0.25) is 0 Å². The van der Waals surface area contributed by atoms with Crippen molar-refractivity contribution in [2.75, 3.05) is 19.6 Å². The van der Waals surface area contributed by atoms with Crippen molar-refractivity contribution in [2.45, 2.75) is 32.2 Å². The van der Waals surface area contributed by atoms with Crippen molar-refractivity contribution in [3.05, 3.63) is 29.8 Å². The number of likely N-dealkylation sites (tertiary alicyclic amines) is 1. The van der Waals surface area contributed by atoms with Crippen molar-refractivity contribution in [1.29, 1.82) is 0 Å². The molecule has 0 bridgehead atoms. The first kappa shape index (κ1) is 13.9. The van der Waals surface area contributed by atoms with Crippen molar-refractivity contribution < 1.29 is 9.90 Å². The summed E-state index contributed by atoms with van der Waals surface area (Å²) >= 11 is 0. The number of nitrogens with zero attached hydrogens (tertiary/aromatic N) is 1. The second-order valence-electron chi connectivity index (χ2n) is 5.09. The molecule has 4 heteroatoms. The molecule has 4 nitrogen and oxygen atoms in total. The van der Waals surface area contributed by atoms with Gasteiger partial charge < -0.3 is 15.3 Å². The van der Waals surface area contributed by atoms with Gasteiger partial charge >= 0.3 is 0 Å². The van der Waals surface area contributed by atoms with E-state index in [1.54, 1.807) is 18.2 Å². The Morgan fingerprint density at radius 1 is 1.53 bits per heavy atom. The maximum absolute atomic E-state index is 12.4. The van der Waals surface area contributed by atoms with Gasteiger partial charge in [-0.1, -0.05) is 13.0 Å². The first-order valence-electron chi connectivity index (χ1n) is 7.02. The molecule has 1 unspecified atom stereocenters. The average Bonchev–Trinajstić information content (AvgIpc) is 2.44. The highest BCUT2D eigenvalue weighted by molar-refractivity contribution is 5.94. The summed E-state index contributed by atoms with van der Waals surface area (Å²) < 4.78 is 0. The van der Waals surface area contributed by atoms with E-state index in [0.29, 0.717) is 11.6 Å².